The quantitative estimate of drug-likeness (QED) is 0.786. The molecule has 5 heteroatoms. The SMILES string of the molecule is Cc1nc2ccc(NC(=O)C(C)(N)C3CC3)cc2[nH]1. The number of hydrogen-bond acceptors (Lipinski definition) is 3. The van der Waals surface area contributed by atoms with Crippen molar-refractivity contribution in [1.82, 2.24) is 9.97 Å². The van der Waals surface area contributed by atoms with E-state index in [0.29, 0.717) is 5.92 Å². The molecule has 100 valence electrons. The number of H-pyrrole nitrogens is 1. The summed E-state index contributed by atoms with van der Waals surface area (Å²) in [5, 5.41) is 2.89. The van der Waals surface area contributed by atoms with Crippen molar-refractivity contribution in [3.05, 3.63) is 24.0 Å². The van der Waals surface area contributed by atoms with Crippen LogP contribution in [0.25, 0.3) is 11.0 Å². The van der Waals surface area contributed by atoms with Crippen LogP contribution in [-0.4, -0.2) is 21.4 Å². The van der Waals surface area contributed by atoms with Crippen LogP contribution in [0.1, 0.15) is 25.6 Å². The number of hydrogen-bond donors (Lipinski definition) is 3. The van der Waals surface area contributed by atoms with E-state index >= 15 is 0 Å². The lowest BCUT2D eigenvalue weighted by molar-refractivity contribution is -0.121. The topological polar surface area (TPSA) is 83.8 Å². The van der Waals surface area contributed by atoms with Gasteiger partial charge in [-0.2, -0.15) is 0 Å². The van der Waals surface area contributed by atoms with Crippen LogP contribution in [0.3, 0.4) is 0 Å². The number of nitrogens with zero attached hydrogens (tertiary/aromatic N) is 1. The number of carbonyl (C=O) groups is 1. The van der Waals surface area contributed by atoms with Gasteiger partial charge in [-0.05, 0) is 50.8 Å². The number of amides is 1. The Morgan fingerprint density at radius 3 is 2.95 bits per heavy atom. The minimum atomic E-state index is -0.779. The van der Waals surface area contributed by atoms with E-state index in [1.165, 1.54) is 0 Å². The van der Waals surface area contributed by atoms with E-state index in [-0.39, 0.29) is 5.91 Å². The van der Waals surface area contributed by atoms with E-state index in [9.17, 15) is 4.79 Å². The van der Waals surface area contributed by atoms with Gasteiger partial charge in [-0.3, -0.25) is 4.79 Å². The molecule has 0 spiro atoms. The van der Waals surface area contributed by atoms with Crippen molar-refractivity contribution in [3.63, 3.8) is 0 Å². The molecule has 0 aliphatic heterocycles. The Morgan fingerprint density at radius 1 is 1.53 bits per heavy atom. The van der Waals surface area contributed by atoms with Crippen LogP contribution in [0.5, 0.6) is 0 Å². The lowest BCUT2D eigenvalue weighted by atomic mass is 9.96. The second-order valence-corrected chi connectivity index (χ2v) is 5.57. The van der Waals surface area contributed by atoms with Gasteiger partial charge in [0.15, 0.2) is 0 Å². The number of imidazole rings is 1. The highest BCUT2D eigenvalue weighted by Gasteiger charge is 2.44. The number of rotatable bonds is 3. The molecule has 1 aliphatic rings. The normalized spacial score (nSPS) is 18.3. The van der Waals surface area contributed by atoms with Crippen LogP contribution < -0.4 is 11.1 Å². The zero-order valence-electron chi connectivity index (χ0n) is 11.2. The molecule has 0 bridgehead atoms. The van der Waals surface area contributed by atoms with Gasteiger partial charge in [0.1, 0.15) is 5.82 Å². The Morgan fingerprint density at radius 2 is 2.26 bits per heavy atom. The van der Waals surface area contributed by atoms with Crippen LogP contribution in [-0.2, 0) is 4.79 Å². The molecular weight excluding hydrogens is 240 g/mol. The number of benzene rings is 1. The molecule has 1 fully saturated rings. The Balaban J connectivity index is 1.82. The predicted octanol–water partition coefficient (Wildman–Crippen LogP) is 1.94. The molecule has 1 atom stereocenters. The highest BCUT2D eigenvalue weighted by Crippen LogP contribution is 2.38. The van der Waals surface area contributed by atoms with E-state index in [2.05, 4.69) is 15.3 Å². The minimum Gasteiger partial charge on any atom is -0.342 e. The van der Waals surface area contributed by atoms with Crippen molar-refractivity contribution in [2.45, 2.75) is 32.2 Å². The zero-order chi connectivity index (χ0) is 13.6. The van der Waals surface area contributed by atoms with Crippen molar-refractivity contribution in [1.29, 1.82) is 0 Å². The van der Waals surface area contributed by atoms with Crippen molar-refractivity contribution in [3.8, 4) is 0 Å². The van der Waals surface area contributed by atoms with E-state index < -0.39 is 5.54 Å². The largest absolute Gasteiger partial charge is 0.342 e. The molecule has 2 aromatic rings. The van der Waals surface area contributed by atoms with Gasteiger partial charge >= 0.3 is 0 Å². The molecule has 1 saturated carbocycles. The van der Waals surface area contributed by atoms with Crippen LogP contribution in [0.15, 0.2) is 18.2 Å². The van der Waals surface area contributed by atoms with Crippen molar-refractivity contribution >= 4 is 22.6 Å². The lowest BCUT2D eigenvalue weighted by Crippen LogP contribution is -2.50. The number of nitrogens with two attached hydrogens (primary N) is 1. The molecule has 1 unspecified atom stereocenters. The highest BCUT2D eigenvalue weighted by molar-refractivity contribution is 5.99. The maximum absolute atomic E-state index is 12.2. The summed E-state index contributed by atoms with van der Waals surface area (Å²) in [4.78, 5) is 19.7. The fraction of sp³-hybridized carbons (Fsp3) is 0.429. The number of aromatic nitrogens is 2. The first-order valence-electron chi connectivity index (χ1n) is 6.53. The Bertz CT molecular complexity index is 640. The Kier molecular flexibility index (Phi) is 2.60. The van der Waals surface area contributed by atoms with Gasteiger partial charge in [-0.1, -0.05) is 0 Å². The fourth-order valence-electron chi connectivity index (χ4n) is 2.35. The fourth-order valence-corrected chi connectivity index (χ4v) is 2.35. The molecule has 19 heavy (non-hydrogen) atoms. The standard InChI is InChI=1S/C14H18N4O/c1-8-16-11-6-5-10(7-12(11)17-8)18-13(19)14(2,15)9-3-4-9/h5-7,9H,3-4,15H2,1-2H3,(H,16,17)(H,18,19). The molecule has 1 aromatic carbocycles. The molecule has 1 amide bonds. The monoisotopic (exact) mass is 258 g/mol. The van der Waals surface area contributed by atoms with Gasteiger partial charge < -0.3 is 16.0 Å². The number of anilines is 1. The molecular formula is C14H18N4O. The molecule has 1 aromatic heterocycles. The first-order valence-corrected chi connectivity index (χ1v) is 6.53. The lowest BCUT2D eigenvalue weighted by Gasteiger charge is -2.23. The van der Waals surface area contributed by atoms with E-state index in [1.54, 1.807) is 6.92 Å². The average Bonchev–Trinajstić information content (AvgIpc) is 3.12. The highest BCUT2D eigenvalue weighted by atomic mass is 16.2. The van der Waals surface area contributed by atoms with E-state index in [1.807, 2.05) is 25.1 Å². The second kappa shape index (κ2) is 4.06. The number of fused-ring (bicyclic) bond motifs is 1. The number of nitrogens with one attached hydrogen (secondary N) is 2. The van der Waals surface area contributed by atoms with Gasteiger partial charge in [-0.15, -0.1) is 0 Å². The molecule has 1 heterocycles. The molecule has 0 saturated heterocycles. The van der Waals surface area contributed by atoms with Crippen molar-refractivity contribution in [2.75, 3.05) is 5.32 Å². The Hall–Kier alpha value is -1.88. The first-order chi connectivity index (χ1) is 8.96. The summed E-state index contributed by atoms with van der Waals surface area (Å²) in [6.07, 6.45) is 2.08. The smallest absolute Gasteiger partial charge is 0.244 e. The van der Waals surface area contributed by atoms with Crippen LogP contribution in [0, 0.1) is 12.8 Å². The Labute approximate surface area is 111 Å². The summed E-state index contributed by atoms with van der Waals surface area (Å²) in [5.41, 5.74) is 7.88. The van der Waals surface area contributed by atoms with Gasteiger partial charge in [0, 0.05) is 5.69 Å². The summed E-state index contributed by atoms with van der Waals surface area (Å²) in [7, 11) is 0. The van der Waals surface area contributed by atoms with E-state index in [0.717, 1.165) is 35.4 Å². The molecule has 4 N–H and O–H groups in total. The summed E-state index contributed by atoms with van der Waals surface area (Å²) in [6.45, 7) is 3.71. The van der Waals surface area contributed by atoms with Crippen molar-refractivity contribution in [2.24, 2.45) is 11.7 Å². The maximum atomic E-state index is 12.2. The maximum Gasteiger partial charge on any atom is 0.244 e. The van der Waals surface area contributed by atoms with Gasteiger partial charge in [0.25, 0.3) is 0 Å². The van der Waals surface area contributed by atoms with Gasteiger partial charge in [0.05, 0.1) is 16.6 Å². The van der Waals surface area contributed by atoms with Crippen LogP contribution >= 0.6 is 0 Å². The van der Waals surface area contributed by atoms with Crippen LogP contribution in [0.2, 0.25) is 0 Å². The second-order valence-electron chi connectivity index (χ2n) is 5.57. The predicted molar refractivity (Wildman–Crippen MR) is 74.8 cm³/mol. The van der Waals surface area contributed by atoms with Gasteiger partial charge in [-0.25, -0.2) is 4.98 Å². The van der Waals surface area contributed by atoms with Crippen molar-refractivity contribution < 1.29 is 4.79 Å². The third-order valence-corrected chi connectivity index (χ3v) is 3.77. The van der Waals surface area contributed by atoms with E-state index in [4.69, 9.17) is 5.73 Å². The zero-order valence-corrected chi connectivity index (χ0v) is 11.2. The minimum absolute atomic E-state index is 0.120. The summed E-state index contributed by atoms with van der Waals surface area (Å²) in [6, 6.07) is 5.62. The number of carbonyl (C=O) groups excluding carboxylic acids is 1. The third kappa shape index (κ3) is 2.21. The molecule has 1 aliphatic carbocycles. The number of aryl methyl sites for hydroxylation is 1. The molecule has 0 radical (unpaired) electrons. The van der Waals surface area contributed by atoms with Crippen LogP contribution in [0.4, 0.5) is 5.69 Å². The molecule has 5 nitrogen and oxygen atoms in total. The summed E-state index contributed by atoms with van der Waals surface area (Å²) in [5.74, 6) is 1.05. The molecule has 3 rings (SSSR count). The van der Waals surface area contributed by atoms with Gasteiger partial charge in [0.2, 0.25) is 5.91 Å². The third-order valence-electron chi connectivity index (χ3n) is 3.77. The summed E-state index contributed by atoms with van der Waals surface area (Å²) < 4.78 is 0. The average molecular weight is 258 g/mol. The number of aromatic amines is 1. The summed E-state index contributed by atoms with van der Waals surface area (Å²) >= 11 is 0. The first kappa shape index (κ1) is 12.2.